The minimum Gasteiger partial charge on any atom is -0.480 e. The van der Waals surface area contributed by atoms with Gasteiger partial charge in [-0.05, 0) is 42.7 Å². The summed E-state index contributed by atoms with van der Waals surface area (Å²) in [5.74, 6) is -0.319. The quantitative estimate of drug-likeness (QED) is 0.300. The normalized spacial score (nSPS) is 13.2. The summed E-state index contributed by atoms with van der Waals surface area (Å²) < 4.78 is 37.8. The standard InChI is InChI=1S/C25H24N6O5S/c1-35-24-19(12-28-25(30-24)36-2)14-6-9-18-21(10-14)27-13-20(23(26)32)22(18)29-15-4-3-5-16(11-15)31-37(33,34)17-7-8-17/h3-6,9-13,17,31H,7-8H2,1-2H3,(H2,26,32)(H,27,29). The number of methoxy groups -OCH3 is 2. The minimum atomic E-state index is -3.42. The molecule has 1 aliphatic carbocycles. The van der Waals surface area contributed by atoms with Crippen LogP contribution in [0.4, 0.5) is 17.1 Å². The smallest absolute Gasteiger partial charge is 0.319 e. The van der Waals surface area contributed by atoms with E-state index in [1.54, 1.807) is 36.5 Å². The van der Waals surface area contributed by atoms with Gasteiger partial charge in [-0.1, -0.05) is 18.2 Å². The highest BCUT2D eigenvalue weighted by Crippen LogP contribution is 2.35. The molecule has 2 aromatic heterocycles. The van der Waals surface area contributed by atoms with Gasteiger partial charge in [-0.2, -0.15) is 4.98 Å². The van der Waals surface area contributed by atoms with Crippen LogP contribution in [0.25, 0.3) is 22.0 Å². The van der Waals surface area contributed by atoms with Crippen LogP contribution in [-0.2, 0) is 10.0 Å². The number of sulfonamides is 1. The molecule has 4 N–H and O–H groups in total. The maximum atomic E-state index is 12.4. The number of amides is 1. The monoisotopic (exact) mass is 520 g/mol. The van der Waals surface area contributed by atoms with Crippen LogP contribution in [0.3, 0.4) is 0 Å². The zero-order valence-corrected chi connectivity index (χ0v) is 20.9. The third-order valence-electron chi connectivity index (χ3n) is 5.91. The van der Waals surface area contributed by atoms with Gasteiger partial charge in [-0.3, -0.25) is 14.5 Å². The summed E-state index contributed by atoms with van der Waals surface area (Å²) in [7, 11) is -0.444. The van der Waals surface area contributed by atoms with Gasteiger partial charge in [0, 0.05) is 23.5 Å². The molecule has 190 valence electrons. The average molecular weight is 521 g/mol. The molecule has 1 saturated carbocycles. The van der Waals surface area contributed by atoms with Crippen molar-refractivity contribution < 1.29 is 22.7 Å². The van der Waals surface area contributed by atoms with E-state index in [1.807, 2.05) is 12.1 Å². The van der Waals surface area contributed by atoms with E-state index in [4.69, 9.17) is 15.2 Å². The summed E-state index contributed by atoms with van der Waals surface area (Å²) in [5, 5.41) is 3.51. The van der Waals surface area contributed by atoms with Crippen LogP contribution >= 0.6 is 0 Å². The number of nitrogens with two attached hydrogens (primary N) is 1. The molecule has 1 fully saturated rings. The van der Waals surface area contributed by atoms with Gasteiger partial charge in [-0.25, -0.2) is 13.4 Å². The van der Waals surface area contributed by atoms with Crippen molar-refractivity contribution in [3.8, 4) is 23.0 Å². The second kappa shape index (κ2) is 9.54. The maximum absolute atomic E-state index is 12.4. The van der Waals surface area contributed by atoms with Crippen molar-refractivity contribution in [2.45, 2.75) is 18.1 Å². The van der Waals surface area contributed by atoms with E-state index in [-0.39, 0.29) is 16.8 Å². The number of fused-ring (bicyclic) bond motifs is 1. The van der Waals surface area contributed by atoms with Gasteiger partial charge in [0.2, 0.25) is 15.9 Å². The Kier molecular flexibility index (Phi) is 6.25. The van der Waals surface area contributed by atoms with Crippen molar-refractivity contribution in [1.29, 1.82) is 0 Å². The minimum absolute atomic E-state index is 0.179. The average Bonchev–Trinajstić information content (AvgIpc) is 3.74. The van der Waals surface area contributed by atoms with Gasteiger partial charge in [0.1, 0.15) is 0 Å². The molecule has 37 heavy (non-hydrogen) atoms. The molecule has 2 heterocycles. The van der Waals surface area contributed by atoms with Gasteiger partial charge >= 0.3 is 6.01 Å². The first-order valence-corrected chi connectivity index (χ1v) is 12.9. The van der Waals surface area contributed by atoms with Crippen LogP contribution < -0.4 is 25.2 Å². The molecular weight excluding hydrogens is 496 g/mol. The van der Waals surface area contributed by atoms with E-state index in [2.05, 4.69) is 25.0 Å². The van der Waals surface area contributed by atoms with E-state index < -0.39 is 15.9 Å². The maximum Gasteiger partial charge on any atom is 0.319 e. The fourth-order valence-electron chi connectivity index (χ4n) is 3.92. The number of anilines is 3. The Bertz CT molecular complexity index is 1620. The molecule has 12 heteroatoms. The fourth-order valence-corrected chi connectivity index (χ4v) is 5.30. The third kappa shape index (κ3) is 4.96. The topological polar surface area (TPSA) is 158 Å². The first kappa shape index (κ1) is 24.3. The van der Waals surface area contributed by atoms with Gasteiger partial charge in [0.05, 0.1) is 47.5 Å². The number of rotatable bonds is 9. The Morgan fingerprint density at radius 3 is 2.51 bits per heavy atom. The largest absolute Gasteiger partial charge is 0.480 e. The second-order valence-electron chi connectivity index (χ2n) is 8.47. The van der Waals surface area contributed by atoms with Gasteiger partial charge in [-0.15, -0.1) is 0 Å². The van der Waals surface area contributed by atoms with Gasteiger partial charge < -0.3 is 20.5 Å². The second-order valence-corrected chi connectivity index (χ2v) is 10.4. The first-order valence-electron chi connectivity index (χ1n) is 11.4. The van der Waals surface area contributed by atoms with Crippen molar-refractivity contribution in [3.05, 3.63) is 60.4 Å². The number of carbonyl (C=O) groups is 1. The van der Waals surface area contributed by atoms with Gasteiger partial charge in [0.15, 0.2) is 0 Å². The summed E-state index contributed by atoms with van der Waals surface area (Å²) in [5.41, 5.74) is 9.23. The lowest BCUT2D eigenvalue weighted by Gasteiger charge is -2.15. The number of carbonyl (C=O) groups excluding carboxylic acids is 1. The number of benzene rings is 2. The molecule has 0 spiro atoms. The number of nitrogens with one attached hydrogen (secondary N) is 2. The van der Waals surface area contributed by atoms with Crippen LogP contribution in [0.2, 0.25) is 0 Å². The van der Waals surface area contributed by atoms with E-state index in [1.165, 1.54) is 20.4 Å². The predicted octanol–water partition coefficient (Wildman–Crippen LogP) is 3.46. The molecule has 1 amide bonds. The van der Waals surface area contributed by atoms with Crippen LogP contribution in [-0.4, -0.2) is 48.7 Å². The van der Waals surface area contributed by atoms with E-state index >= 15 is 0 Å². The van der Waals surface area contributed by atoms with Crippen molar-refractivity contribution in [1.82, 2.24) is 15.0 Å². The van der Waals surface area contributed by atoms with Crippen molar-refractivity contribution >= 4 is 43.9 Å². The lowest BCUT2D eigenvalue weighted by atomic mass is 10.0. The number of hydrogen-bond acceptors (Lipinski definition) is 9. The summed E-state index contributed by atoms with van der Waals surface area (Å²) in [6, 6.07) is 12.4. The highest BCUT2D eigenvalue weighted by atomic mass is 32.2. The van der Waals surface area contributed by atoms with E-state index in [0.29, 0.717) is 52.3 Å². The van der Waals surface area contributed by atoms with Crippen molar-refractivity contribution in [2.75, 3.05) is 24.3 Å². The molecule has 0 aliphatic heterocycles. The number of pyridine rings is 1. The highest BCUT2D eigenvalue weighted by molar-refractivity contribution is 7.93. The molecule has 0 unspecified atom stereocenters. The predicted molar refractivity (Wildman–Crippen MR) is 140 cm³/mol. The first-order chi connectivity index (χ1) is 17.8. The zero-order chi connectivity index (χ0) is 26.2. The Morgan fingerprint density at radius 2 is 1.81 bits per heavy atom. The van der Waals surface area contributed by atoms with Crippen molar-refractivity contribution in [3.63, 3.8) is 0 Å². The van der Waals surface area contributed by atoms with Crippen molar-refractivity contribution in [2.24, 2.45) is 5.73 Å². The molecule has 2 aromatic carbocycles. The Labute approximate surface area is 213 Å². The number of ether oxygens (including phenoxy) is 2. The lowest BCUT2D eigenvalue weighted by molar-refractivity contribution is 0.100. The summed E-state index contributed by atoms with van der Waals surface area (Å²) in [4.78, 5) is 25.1. The van der Waals surface area contributed by atoms with Crippen LogP contribution in [0.5, 0.6) is 11.9 Å². The molecule has 0 bridgehead atoms. The fraction of sp³-hybridized carbons (Fsp3) is 0.200. The lowest BCUT2D eigenvalue weighted by Crippen LogP contribution is -2.17. The number of primary amides is 1. The van der Waals surface area contributed by atoms with Gasteiger partial charge in [0.25, 0.3) is 5.91 Å². The molecule has 0 saturated heterocycles. The SMILES string of the molecule is COc1ncc(-c2ccc3c(Nc4cccc(NS(=O)(=O)C5CC5)c4)c(C(N)=O)cnc3c2)c(OC)n1. The van der Waals surface area contributed by atoms with Crippen LogP contribution in [0, 0.1) is 0 Å². The molecule has 0 radical (unpaired) electrons. The highest BCUT2D eigenvalue weighted by Gasteiger charge is 2.35. The summed E-state index contributed by atoms with van der Waals surface area (Å²) >= 11 is 0. The van der Waals surface area contributed by atoms with Crippen LogP contribution in [0.1, 0.15) is 23.2 Å². The van der Waals surface area contributed by atoms with E-state index in [0.717, 1.165) is 5.56 Å². The number of nitrogens with zero attached hydrogens (tertiary/aromatic N) is 3. The van der Waals surface area contributed by atoms with Crippen LogP contribution in [0.15, 0.2) is 54.9 Å². The summed E-state index contributed by atoms with van der Waals surface area (Å²) in [6.07, 6.45) is 4.32. The molecule has 1 aliphatic rings. The molecular formula is C25H24N6O5S. The van der Waals surface area contributed by atoms with E-state index in [9.17, 15) is 13.2 Å². The number of hydrogen-bond donors (Lipinski definition) is 3. The number of aromatic nitrogens is 3. The third-order valence-corrected chi connectivity index (χ3v) is 7.78. The molecule has 11 nitrogen and oxygen atoms in total. The molecule has 5 rings (SSSR count). The summed E-state index contributed by atoms with van der Waals surface area (Å²) in [6.45, 7) is 0. The zero-order valence-electron chi connectivity index (χ0n) is 20.1. The molecule has 0 atom stereocenters. The Hall–Kier alpha value is -4.45. The Balaban J connectivity index is 1.54. The molecule has 4 aromatic rings. The Morgan fingerprint density at radius 1 is 1.03 bits per heavy atom.